The van der Waals surface area contributed by atoms with Crippen LogP contribution in [0.4, 0.5) is 5.69 Å². The molecule has 1 aliphatic rings. The highest BCUT2D eigenvalue weighted by atomic mass is 16.3. The number of carbonyl (C=O) groups excluding carboxylic acids is 9. The third kappa shape index (κ3) is 25.2. The van der Waals surface area contributed by atoms with Crippen LogP contribution in [0.15, 0.2) is 54.6 Å². The topological polar surface area (TPSA) is 362 Å². The average Bonchev–Trinajstić information content (AvgIpc) is 3.40. The van der Waals surface area contributed by atoms with E-state index in [-0.39, 0.29) is 108 Å². The number of aliphatic hydroxyl groups is 1. The summed E-state index contributed by atoms with van der Waals surface area (Å²) in [4.78, 5) is 128. The molecule has 1 saturated heterocycles. The average molecular weight is 1100 g/mol. The van der Waals surface area contributed by atoms with Gasteiger partial charge in [0.25, 0.3) is 0 Å². The second-order valence-electron chi connectivity index (χ2n) is 21.9. The van der Waals surface area contributed by atoms with Crippen molar-refractivity contribution >= 4 is 58.6 Å². The first-order valence-electron chi connectivity index (χ1n) is 28.5. The highest BCUT2D eigenvalue weighted by Crippen LogP contribution is 2.21. The summed E-state index contributed by atoms with van der Waals surface area (Å²) in [5.74, 6) is -8.31. The molecule has 16 N–H and O–H groups in total. The van der Waals surface area contributed by atoms with Gasteiger partial charge in [-0.3, -0.25) is 43.2 Å². The molecule has 0 saturated carbocycles. The van der Waals surface area contributed by atoms with E-state index in [9.17, 15) is 48.3 Å². The fourth-order valence-electron chi connectivity index (χ4n) is 9.60. The first kappa shape index (κ1) is 67.0. The molecule has 0 unspecified atom stereocenters. The van der Waals surface area contributed by atoms with Gasteiger partial charge in [-0.1, -0.05) is 109 Å². The first-order chi connectivity index (χ1) is 37.7. The molecule has 79 heavy (non-hydrogen) atoms. The van der Waals surface area contributed by atoms with Crippen LogP contribution in [0.25, 0.3) is 0 Å². The molecule has 3 rings (SSSR count). The Morgan fingerprint density at radius 1 is 0.620 bits per heavy atom. The fraction of sp³-hybridized carbons (Fsp3) is 0.638. The van der Waals surface area contributed by atoms with Crippen molar-refractivity contribution in [3.63, 3.8) is 0 Å². The highest BCUT2D eigenvalue weighted by molar-refractivity contribution is 5.98. The zero-order valence-electron chi connectivity index (χ0n) is 47.3. The molecule has 0 spiro atoms. The van der Waals surface area contributed by atoms with Gasteiger partial charge in [-0.15, -0.1) is 0 Å². The van der Waals surface area contributed by atoms with Gasteiger partial charge in [0.2, 0.25) is 41.4 Å². The molecular formula is C58H93N11O10. The van der Waals surface area contributed by atoms with Gasteiger partial charge in [0.15, 0.2) is 5.78 Å². The number of unbranched alkanes of at least 4 members (excludes halogenated alkanes) is 4. The molecule has 1 fully saturated rings. The molecule has 1 heterocycles. The Morgan fingerprint density at radius 2 is 1.14 bits per heavy atom. The van der Waals surface area contributed by atoms with Gasteiger partial charge in [0, 0.05) is 49.8 Å². The normalized spacial score (nSPS) is 22.4. The molecule has 2 aromatic rings. The Labute approximate surface area is 467 Å². The number of anilines is 1. The molecular weight excluding hydrogens is 1010 g/mol. The summed E-state index contributed by atoms with van der Waals surface area (Å²) in [5.41, 5.74) is 25.7. The van der Waals surface area contributed by atoms with Crippen molar-refractivity contribution in [3.8, 4) is 0 Å². The van der Waals surface area contributed by atoms with Gasteiger partial charge in [0.05, 0.1) is 12.1 Å². The summed E-state index contributed by atoms with van der Waals surface area (Å²) in [5, 5.41) is 30.2. The lowest BCUT2D eigenvalue weighted by atomic mass is 9.89. The third-order valence-electron chi connectivity index (χ3n) is 14.0. The van der Waals surface area contributed by atoms with E-state index >= 15 is 0 Å². The van der Waals surface area contributed by atoms with Gasteiger partial charge >= 0.3 is 0 Å². The number of nitrogens with one attached hydrogen (secondary N) is 7. The standard InChI is InChI=1S/C58H93N11O10/c1-6-7-8-9-13-16-43(70)35-44(71)33-41(31-39-17-19-42(62)20-18-39)53(74)64-45-24-28-63-54(75)48(29-36(2)3)68-56(77)47(23-27-61)65-55(76)46(22-26-60)66-57(78)49(30-37(4)5)69-58(79)50(32-38-14-11-10-12-15-38)67-52(73)40(21-25-59)34-51(45)72/h10-12,14-15,17-20,36-37,40-41,43,45-50,70H,6-9,13,16,21-35,59-62H2,1-5H3,(H,63,75)(H,64,74)(H,65,76)(H,66,78)(H,67,73)(H,68,77)(H,69,79)/t40-,41+,43-,45+,46+,47+,48+,49+,50-/m1/s1. The number of rotatable bonds is 26. The van der Waals surface area contributed by atoms with Crippen LogP contribution in [0, 0.1) is 23.7 Å². The zero-order chi connectivity index (χ0) is 58.4. The number of hydrogen-bond donors (Lipinski definition) is 12. The molecule has 21 nitrogen and oxygen atoms in total. The van der Waals surface area contributed by atoms with Gasteiger partial charge < -0.3 is 65.3 Å². The largest absolute Gasteiger partial charge is 0.399 e. The Balaban J connectivity index is 2.14. The second kappa shape index (κ2) is 36.1. The molecule has 2 aromatic carbocycles. The minimum atomic E-state index is -1.34. The van der Waals surface area contributed by atoms with Crippen molar-refractivity contribution in [2.75, 3.05) is 31.9 Å². The lowest BCUT2D eigenvalue weighted by Gasteiger charge is -2.28. The second-order valence-corrected chi connectivity index (χ2v) is 21.9. The number of nitrogen functional groups attached to an aromatic ring is 1. The number of amides is 7. The van der Waals surface area contributed by atoms with Crippen molar-refractivity contribution in [3.05, 3.63) is 65.7 Å². The molecule has 0 radical (unpaired) electrons. The van der Waals surface area contributed by atoms with Crippen molar-refractivity contribution in [1.82, 2.24) is 37.2 Å². The van der Waals surface area contributed by atoms with Crippen molar-refractivity contribution in [2.45, 2.75) is 186 Å². The molecule has 440 valence electrons. The Hall–Kier alpha value is -6.29. The van der Waals surface area contributed by atoms with E-state index < -0.39 is 108 Å². The lowest BCUT2D eigenvalue weighted by molar-refractivity contribution is -0.136. The quantitative estimate of drug-likeness (QED) is 0.0473. The van der Waals surface area contributed by atoms with E-state index in [1.807, 2.05) is 27.7 Å². The van der Waals surface area contributed by atoms with E-state index in [0.717, 1.165) is 32.1 Å². The van der Waals surface area contributed by atoms with Crippen LogP contribution in [0.1, 0.15) is 142 Å². The van der Waals surface area contributed by atoms with Crippen LogP contribution < -0.4 is 60.2 Å². The molecule has 21 heteroatoms. The highest BCUT2D eigenvalue weighted by Gasteiger charge is 2.36. The van der Waals surface area contributed by atoms with Gasteiger partial charge in [-0.25, -0.2) is 0 Å². The molecule has 0 aromatic heterocycles. The van der Waals surface area contributed by atoms with E-state index in [1.165, 1.54) is 0 Å². The third-order valence-corrected chi connectivity index (χ3v) is 14.0. The number of aliphatic hydroxyl groups excluding tert-OH is 1. The van der Waals surface area contributed by atoms with Crippen LogP contribution in [0.3, 0.4) is 0 Å². The summed E-state index contributed by atoms with van der Waals surface area (Å²) in [7, 11) is 0. The maximum atomic E-state index is 14.8. The van der Waals surface area contributed by atoms with Crippen LogP contribution in [-0.4, -0.2) is 127 Å². The predicted octanol–water partition coefficient (Wildman–Crippen LogP) is 1.88. The summed E-state index contributed by atoms with van der Waals surface area (Å²) in [6, 6.07) is 8.14. The number of nitrogens with two attached hydrogens (primary N) is 4. The van der Waals surface area contributed by atoms with Gasteiger partial charge in [-0.2, -0.15) is 0 Å². The molecule has 7 amide bonds. The number of carbonyl (C=O) groups is 9. The zero-order valence-corrected chi connectivity index (χ0v) is 47.3. The van der Waals surface area contributed by atoms with Gasteiger partial charge in [0.1, 0.15) is 36.0 Å². The van der Waals surface area contributed by atoms with E-state index in [4.69, 9.17) is 22.9 Å². The van der Waals surface area contributed by atoms with E-state index in [0.29, 0.717) is 23.2 Å². The van der Waals surface area contributed by atoms with Crippen LogP contribution >= 0.6 is 0 Å². The molecule has 0 aliphatic carbocycles. The minimum absolute atomic E-state index is 0.0193. The maximum absolute atomic E-state index is 14.8. The van der Waals surface area contributed by atoms with Crippen molar-refractivity contribution in [1.29, 1.82) is 0 Å². The number of benzene rings is 2. The minimum Gasteiger partial charge on any atom is -0.399 e. The summed E-state index contributed by atoms with van der Waals surface area (Å²) < 4.78 is 0. The van der Waals surface area contributed by atoms with Crippen LogP contribution in [-0.2, 0) is 56.0 Å². The number of Topliss-reactive ketones (excluding diaryl/α,β-unsaturated/α-hetero) is 2. The van der Waals surface area contributed by atoms with Gasteiger partial charge in [-0.05, 0) is 106 Å². The van der Waals surface area contributed by atoms with Crippen LogP contribution in [0.2, 0.25) is 0 Å². The van der Waals surface area contributed by atoms with Crippen LogP contribution in [0.5, 0.6) is 0 Å². The Morgan fingerprint density at radius 3 is 1.70 bits per heavy atom. The SMILES string of the molecule is CCCCCCC[C@@H](O)CC(=O)C[C@H](Cc1ccc(N)cc1)C(=O)N[C@H]1CCNC(=O)[C@H](CC(C)C)NC(=O)[C@H](CCN)NC(=O)[C@H](CCN)NC(=O)[C@H](CC(C)C)NC(=O)[C@@H](Cc2ccccc2)NC(=O)[C@H](CCN)CC1=O. The Kier molecular flexibility index (Phi) is 30.6. The number of hydrogen-bond acceptors (Lipinski definition) is 14. The monoisotopic (exact) mass is 1100 g/mol. The summed E-state index contributed by atoms with van der Waals surface area (Å²) >= 11 is 0. The fourth-order valence-corrected chi connectivity index (χ4v) is 9.60. The first-order valence-corrected chi connectivity index (χ1v) is 28.5. The smallest absolute Gasteiger partial charge is 0.243 e. The predicted molar refractivity (Wildman–Crippen MR) is 304 cm³/mol. The molecule has 1 aliphatic heterocycles. The molecule has 0 bridgehead atoms. The van der Waals surface area contributed by atoms with E-state index in [1.54, 1.807) is 54.6 Å². The summed E-state index contributed by atoms with van der Waals surface area (Å²) in [6.45, 7) is 9.15. The molecule has 9 atom stereocenters. The lowest BCUT2D eigenvalue weighted by Crippen LogP contribution is -2.60. The van der Waals surface area contributed by atoms with Crippen molar-refractivity contribution < 1.29 is 48.3 Å². The summed E-state index contributed by atoms with van der Waals surface area (Å²) in [6.07, 6.45) is 3.48. The van der Waals surface area contributed by atoms with Crippen molar-refractivity contribution in [2.24, 2.45) is 40.9 Å². The maximum Gasteiger partial charge on any atom is 0.243 e. The Bertz CT molecular complexity index is 2250. The van der Waals surface area contributed by atoms with E-state index in [2.05, 4.69) is 44.1 Å². The number of ketones is 2.